The van der Waals surface area contributed by atoms with E-state index in [1.54, 1.807) is 13.2 Å². The van der Waals surface area contributed by atoms with Crippen molar-refractivity contribution >= 4 is 40.3 Å². The molecule has 2 heterocycles. The van der Waals surface area contributed by atoms with E-state index in [0.29, 0.717) is 16.0 Å². The third kappa shape index (κ3) is 2.57. The van der Waals surface area contributed by atoms with Crippen LogP contribution in [0, 0.1) is 6.92 Å². The Hall–Kier alpha value is -1.79. The summed E-state index contributed by atoms with van der Waals surface area (Å²) in [5, 5.41) is 4.82. The quantitative estimate of drug-likeness (QED) is 0.725. The van der Waals surface area contributed by atoms with Crippen molar-refractivity contribution in [1.29, 1.82) is 0 Å². The number of rotatable bonds is 3. The lowest BCUT2D eigenvalue weighted by Gasteiger charge is -2.02. The third-order valence-electron chi connectivity index (χ3n) is 2.74. The van der Waals surface area contributed by atoms with Crippen LogP contribution in [-0.4, -0.2) is 27.0 Å². The maximum atomic E-state index is 6.11. The second-order valence-corrected chi connectivity index (χ2v) is 5.65. The number of imidazole rings is 1. The van der Waals surface area contributed by atoms with Crippen LogP contribution in [0.4, 0.5) is 5.95 Å². The molecular weight excluding hydrogens is 294 g/mol. The first-order valence-corrected chi connectivity index (χ1v) is 7.19. The minimum atomic E-state index is 0.505. The molecule has 0 amide bonds. The number of nitrogens with one attached hydrogen (secondary N) is 2. The molecule has 0 saturated carbocycles. The molecule has 0 aliphatic heterocycles. The summed E-state index contributed by atoms with van der Waals surface area (Å²) in [4.78, 5) is 16.2. The number of fused-ring (bicyclic) bond motifs is 1. The lowest BCUT2D eigenvalue weighted by atomic mass is 10.2. The van der Waals surface area contributed by atoms with E-state index in [1.165, 1.54) is 17.3 Å². The zero-order valence-electron chi connectivity index (χ0n) is 10.9. The summed E-state index contributed by atoms with van der Waals surface area (Å²) < 4.78 is 0. The Morgan fingerprint density at radius 1 is 1.30 bits per heavy atom. The largest absolute Gasteiger partial charge is 0.357 e. The number of anilines is 1. The van der Waals surface area contributed by atoms with Crippen molar-refractivity contribution in [2.45, 2.75) is 17.1 Å². The standard InChI is InChI=1S/C13H12ClN5S/c1-7-3-4-9-10(5-7)18-13(17-9)20-11-8(14)6-16-12(15-2)19-11/h3-6H,1-2H3,(H,17,18)(H,15,16,19). The van der Waals surface area contributed by atoms with Crippen molar-refractivity contribution in [2.75, 3.05) is 12.4 Å². The average molecular weight is 306 g/mol. The molecule has 0 fully saturated rings. The average Bonchev–Trinajstić information content (AvgIpc) is 2.82. The fourth-order valence-electron chi connectivity index (χ4n) is 1.78. The van der Waals surface area contributed by atoms with E-state index in [1.807, 2.05) is 19.1 Å². The normalized spacial score (nSPS) is 10.9. The van der Waals surface area contributed by atoms with Crippen LogP contribution in [-0.2, 0) is 0 Å². The van der Waals surface area contributed by atoms with Crippen molar-refractivity contribution in [3.63, 3.8) is 0 Å². The molecule has 0 unspecified atom stereocenters. The molecule has 2 N–H and O–H groups in total. The number of nitrogens with zero attached hydrogens (tertiary/aromatic N) is 3. The molecule has 0 bridgehead atoms. The lowest BCUT2D eigenvalue weighted by molar-refractivity contribution is 1.02. The molecule has 5 nitrogen and oxygen atoms in total. The van der Waals surface area contributed by atoms with Gasteiger partial charge in [0.25, 0.3) is 0 Å². The molecule has 102 valence electrons. The Morgan fingerprint density at radius 3 is 2.95 bits per heavy atom. The first kappa shape index (κ1) is 13.2. The minimum Gasteiger partial charge on any atom is -0.357 e. The molecule has 0 aliphatic carbocycles. The van der Waals surface area contributed by atoms with E-state index in [-0.39, 0.29) is 0 Å². The van der Waals surface area contributed by atoms with Crippen molar-refractivity contribution < 1.29 is 0 Å². The Bertz CT molecular complexity index is 771. The molecule has 3 aromatic rings. The summed E-state index contributed by atoms with van der Waals surface area (Å²) in [5.74, 6) is 0.531. The smallest absolute Gasteiger partial charge is 0.223 e. The number of aromatic amines is 1. The van der Waals surface area contributed by atoms with Gasteiger partial charge in [0.15, 0.2) is 5.16 Å². The molecule has 0 aliphatic rings. The molecule has 20 heavy (non-hydrogen) atoms. The van der Waals surface area contributed by atoms with Gasteiger partial charge in [0.2, 0.25) is 5.95 Å². The topological polar surface area (TPSA) is 66.5 Å². The van der Waals surface area contributed by atoms with Crippen LogP contribution >= 0.6 is 23.4 Å². The van der Waals surface area contributed by atoms with Gasteiger partial charge in [0.1, 0.15) is 5.03 Å². The second-order valence-electron chi connectivity index (χ2n) is 4.26. The maximum absolute atomic E-state index is 6.11. The zero-order chi connectivity index (χ0) is 14.1. The predicted octanol–water partition coefficient (Wildman–Crippen LogP) is 3.51. The first-order valence-electron chi connectivity index (χ1n) is 6.00. The number of aryl methyl sites for hydroxylation is 1. The van der Waals surface area contributed by atoms with Crippen LogP contribution in [0.2, 0.25) is 5.02 Å². The minimum absolute atomic E-state index is 0.505. The maximum Gasteiger partial charge on any atom is 0.223 e. The Kier molecular flexibility index (Phi) is 3.50. The van der Waals surface area contributed by atoms with Gasteiger partial charge in [0, 0.05) is 7.05 Å². The fourth-order valence-corrected chi connectivity index (χ4v) is 2.76. The molecule has 0 saturated heterocycles. The second kappa shape index (κ2) is 5.30. The van der Waals surface area contributed by atoms with Gasteiger partial charge in [-0.2, -0.15) is 0 Å². The molecule has 7 heteroatoms. The van der Waals surface area contributed by atoms with Gasteiger partial charge in [-0.1, -0.05) is 17.7 Å². The van der Waals surface area contributed by atoms with Gasteiger partial charge in [-0.25, -0.2) is 15.0 Å². The molecular formula is C13H12ClN5S. The van der Waals surface area contributed by atoms with Gasteiger partial charge in [-0.15, -0.1) is 0 Å². The van der Waals surface area contributed by atoms with Crippen LogP contribution in [0.1, 0.15) is 5.56 Å². The van der Waals surface area contributed by atoms with E-state index >= 15 is 0 Å². The van der Waals surface area contributed by atoms with E-state index < -0.39 is 0 Å². The van der Waals surface area contributed by atoms with Crippen LogP contribution in [0.5, 0.6) is 0 Å². The molecule has 3 rings (SSSR count). The number of halogens is 1. The zero-order valence-corrected chi connectivity index (χ0v) is 12.5. The molecule has 2 aromatic heterocycles. The van der Waals surface area contributed by atoms with Crippen molar-refractivity contribution in [3.05, 3.63) is 35.0 Å². The van der Waals surface area contributed by atoms with Gasteiger partial charge < -0.3 is 10.3 Å². The lowest BCUT2D eigenvalue weighted by Crippen LogP contribution is -1.97. The van der Waals surface area contributed by atoms with E-state index in [9.17, 15) is 0 Å². The Morgan fingerprint density at radius 2 is 2.15 bits per heavy atom. The van der Waals surface area contributed by atoms with E-state index in [4.69, 9.17) is 11.6 Å². The summed E-state index contributed by atoms with van der Waals surface area (Å²) in [5.41, 5.74) is 3.12. The summed E-state index contributed by atoms with van der Waals surface area (Å²) in [7, 11) is 1.77. The van der Waals surface area contributed by atoms with Crippen molar-refractivity contribution in [3.8, 4) is 0 Å². The van der Waals surface area contributed by atoms with Gasteiger partial charge in [-0.3, -0.25) is 0 Å². The molecule has 0 spiro atoms. The van der Waals surface area contributed by atoms with Crippen molar-refractivity contribution in [1.82, 2.24) is 19.9 Å². The summed E-state index contributed by atoms with van der Waals surface area (Å²) >= 11 is 7.50. The van der Waals surface area contributed by atoms with Gasteiger partial charge >= 0.3 is 0 Å². The first-order chi connectivity index (χ1) is 9.65. The summed E-state index contributed by atoms with van der Waals surface area (Å²) in [6, 6.07) is 6.09. The Labute approximate surface area is 125 Å². The highest BCUT2D eigenvalue weighted by Crippen LogP contribution is 2.31. The molecule has 0 atom stereocenters. The number of hydrogen-bond donors (Lipinski definition) is 2. The highest BCUT2D eigenvalue weighted by molar-refractivity contribution is 7.99. The highest BCUT2D eigenvalue weighted by Gasteiger charge is 2.10. The monoisotopic (exact) mass is 305 g/mol. The highest BCUT2D eigenvalue weighted by atomic mass is 35.5. The molecule has 1 aromatic carbocycles. The number of H-pyrrole nitrogens is 1. The van der Waals surface area contributed by atoms with Crippen molar-refractivity contribution in [2.24, 2.45) is 0 Å². The predicted molar refractivity (Wildman–Crippen MR) is 81.5 cm³/mol. The fraction of sp³-hybridized carbons (Fsp3) is 0.154. The van der Waals surface area contributed by atoms with E-state index in [0.717, 1.165) is 16.2 Å². The van der Waals surface area contributed by atoms with Crippen LogP contribution in [0.15, 0.2) is 34.6 Å². The Balaban J connectivity index is 1.96. The summed E-state index contributed by atoms with van der Waals surface area (Å²) in [6.45, 7) is 2.05. The van der Waals surface area contributed by atoms with Crippen LogP contribution < -0.4 is 5.32 Å². The number of aromatic nitrogens is 4. The van der Waals surface area contributed by atoms with E-state index in [2.05, 4.69) is 31.3 Å². The van der Waals surface area contributed by atoms with Crippen LogP contribution in [0.3, 0.4) is 0 Å². The molecule has 0 radical (unpaired) electrons. The van der Waals surface area contributed by atoms with Crippen LogP contribution in [0.25, 0.3) is 11.0 Å². The van der Waals surface area contributed by atoms with Gasteiger partial charge in [0.05, 0.1) is 22.3 Å². The summed E-state index contributed by atoms with van der Waals surface area (Å²) in [6.07, 6.45) is 1.58. The number of benzene rings is 1. The third-order valence-corrected chi connectivity index (χ3v) is 4.02. The number of hydrogen-bond acceptors (Lipinski definition) is 5. The van der Waals surface area contributed by atoms with Gasteiger partial charge in [-0.05, 0) is 36.4 Å². The SMILES string of the molecule is CNc1ncc(Cl)c(Sc2nc3ccc(C)cc3[nH]2)n1.